The third kappa shape index (κ3) is 1.68. The maximum absolute atomic E-state index is 4.60. The van der Waals surface area contributed by atoms with Gasteiger partial charge in [-0.15, -0.1) is 0 Å². The van der Waals surface area contributed by atoms with Crippen LogP contribution in [-0.4, -0.2) is 16.5 Å². The van der Waals surface area contributed by atoms with Gasteiger partial charge in [0.25, 0.3) is 0 Å². The van der Waals surface area contributed by atoms with E-state index in [2.05, 4.69) is 37.3 Å². The molecule has 0 saturated carbocycles. The average molecular weight is 266 g/mol. The fourth-order valence-corrected chi connectivity index (χ4v) is 2.45. The summed E-state index contributed by atoms with van der Waals surface area (Å²) in [6, 6.07) is 6.54. The average Bonchev–Trinajstić information content (AvgIpc) is 2.84. The Balaban J connectivity index is 2.05. The van der Waals surface area contributed by atoms with Gasteiger partial charge < -0.3 is 10.3 Å². The molecule has 0 amide bonds. The lowest BCUT2D eigenvalue weighted by atomic mass is 10.2. The van der Waals surface area contributed by atoms with Gasteiger partial charge in [-0.2, -0.15) is 0 Å². The Bertz CT molecular complexity index is 486. The Labute approximate surface area is 96.4 Å². The molecule has 1 fully saturated rings. The third-order valence-electron chi connectivity index (χ3n) is 2.85. The third-order valence-corrected chi connectivity index (χ3v) is 3.35. The molecule has 1 aliphatic rings. The lowest BCUT2D eigenvalue weighted by Gasteiger charge is -2.04. The summed E-state index contributed by atoms with van der Waals surface area (Å²) in [7, 11) is 0. The van der Waals surface area contributed by atoms with Gasteiger partial charge in [0.2, 0.25) is 0 Å². The van der Waals surface area contributed by atoms with Gasteiger partial charge in [-0.1, -0.05) is 15.9 Å². The number of imidazole rings is 1. The minimum absolute atomic E-state index is 0.413. The summed E-state index contributed by atoms with van der Waals surface area (Å²) in [5.74, 6) is 1.07. The summed E-state index contributed by atoms with van der Waals surface area (Å²) in [5, 5.41) is 3.44. The van der Waals surface area contributed by atoms with Crippen LogP contribution < -0.4 is 5.32 Å². The highest BCUT2D eigenvalue weighted by molar-refractivity contribution is 9.10. The van der Waals surface area contributed by atoms with Crippen molar-refractivity contribution >= 4 is 27.0 Å². The number of aromatic amines is 1. The number of hydrogen-bond donors (Lipinski definition) is 2. The molecule has 0 aliphatic carbocycles. The number of aromatic nitrogens is 2. The van der Waals surface area contributed by atoms with Crippen molar-refractivity contribution in [2.24, 2.45) is 0 Å². The lowest BCUT2D eigenvalue weighted by molar-refractivity contribution is 0.614. The van der Waals surface area contributed by atoms with Gasteiger partial charge in [-0.05, 0) is 37.6 Å². The van der Waals surface area contributed by atoms with Gasteiger partial charge in [-0.3, -0.25) is 0 Å². The van der Waals surface area contributed by atoms with Crippen molar-refractivity contribution in [1.82, 2.24) is 15.3 Å². The van der Waals surface area contributed by atoms with Crippen LogP contribution in [0.25, 0.3) is 11.0 Å². The van der Waals surface area contributed by atoms with Crippen LogP contribution >= 0.6 is 15.9 Å². The second-order valence-corrected chi connectivity index (χ2v) is 4.85. The summed E-state index contributed by atoms with van der Waals surface area (Å²) in [5.41, 5.74) is 2.15. The number of fused-ring (bicyclic) bond motifs is 1. The molecule has 3 rings (SSSR count). The molecule has 3 nitrogen and oxygen atoms in total. The van der Waals surface area contributed by atoms with E-state index in [1.54, 1.807) is 0 Å². The zero-order chi connectivity index (χ0) is 10.3. The highest BCUT2D eigenvalue weighted by atomic mass is 79.9. The fourth-order valence-electron chi connectivity index (χ4n) is 2.08. The van der Waals surface area contributed by atoms with Crippen LogP contribution in [0.1, 0.15) is 24.7 Å². The molecule has 1 aromatic heterocycles. The van der Waals surface area contributed by atoms with E-state index in [0.717, 1.165) is 27.9 Å². The maximum Gasteiger partial charge on any atom is 0.124 e. The minimum Gasteiger partial charge on any atom is -0.341 e. The van der Waals surface area contributed by atoms with Crippen LogP contribution in [0.4, 0.5) is 0 Å². The van der Waals surface area contributed by atoms with E-state index in [1.807, 2.05) is 12.1 Å². The molecule has 1 aromatic carbocycles. The molecule has 1 aliphatic heterocycles. The van der Waals surface area contributed by atoms with Crippen molar-refractivity contribution in [2.75, 3.05) is 6.54 Å². The fraction of sp³-hybridized carbons (Fsp3) is 0.364. The van der Waals surface area contributed by atoms with Gasteiger partial charge in [0.05, 0.1) is 17.1 Å². The number of hydrogen-bond acceptors (Lipinski definition) is 2. The Kier molecular flexibility index (Phi) is 2.25. The first-order valence-electron chi connectivity index (χ1n) is 5.21. The molecule has 0 radical (unpaired) electrons. The number of H-pyrrole nitrogens is 1. The number of nitrogens with one attached hydrogen (secondary N) is 2. The van der Waals surface area contributed by atoms with Crippen molar-refractivity contribution in [1.29, 1.82) is 0 Å². The Morgan fingerprint density at radius 2 is 2.33 bits per heavy atom. The topological polar surface area (TPSA) is 40.7 Å². The molecule has 2 heterocycles. The van der Waals surface area contributed by atoms with E-state index in [0.29, 0.717) is 6.04 Å². The molecule has 2 N–H and O–H groups in total. The molecule has 1 atom stereocenters. The molecule has 78 valence electrons. The van der Waals surface area contributed by atoms with Crippen LogP contribution in [0.2, 0.25) is 0 Å². The minimum atomic E-state index is 0.413. The largest absolute Gasteiger partial charge is 0.341 e. The van der Waals surface area contributed by atoms with Gasteiger partial charge in [0.15, 0.2) is 0 Å². The monoisotopic (exact) mass is 265 g/mol. The number of halogens is 1. The maximum atomic E-state index is 4.60. The van der Waals surface area contributed by atoms with Gasteiger partial charge in [0.1, 0.15) is 5.82 Å². The van der Waals surface area contributed by atoms with Crippen LogP contribution in [0.3, 0.4) is 0 Å². The molecule has 0 spiro atoms. The SMILES string of the molecule is Brc1ccc2nc([C@@H]3CCCN3)[nH]c2c1. The van der Waals surface area contributed by atoms with E-state index in [9.17, 15) is 0 Å². The van der Waals surface area contributed by atoms with E-state index in [1.165, 1.54) is 12.8 Å². The molecule has 0 unspecified atom stereocenters. The molecule has 0 bridgehead atoms. The van der Waals surface area contributed by atoms with Crippen molar-refractivity contribution in [3.63, 3.8) is 0 Å². The first-order valence-corrected chi connectivity index (χ1v) is 6.01. The van der Waals surface area contributed by atoms with Gasteiger partial charge in [0, 0.05) is 4.47 Å². The van der Waals surface area contributed by atoms with Crippen LogP contribution in [0.5, 0.6) is 0 Å². The first-order chi connectivity index (χ1) is 7.33. The molecule has 4 heteroatoms. The van der Waals surface area contributed by atoms with Crippen LogP contribution in [0, 0.1) is 0 Å². The zero-order valence-electron chi connectivity index (χ0n) is 8.26. The molecular formula is C11H12BrN3. The second-order valence-electron chi connectivity index (χ2n) is 3.93. The van der Waals surface area contributed by atoms with Crippen molar-refractivity contribution in [3.05, 3.63) is 28.5 Å². The molecular weight excluding hydrogens is 254 g/mol. The smallest absolute Gasteiger partial charge is 0.124 e. The van der Waals surface area contributed by atoms with E-state index in [4.69, 9.17) is 0 Å². The normalized spacial score (nSPS) is 21.3. The van der Waals surface area contributed by atoms with E-state index >= 15 is 0 Å². The predicted molar refractivity (Wildman–Crippen MR) is 63.8 cm³/mol. The molecule has 1 saturated heterocycles. The van der Waals surface area contributed by atoms with E-state index in [-0.39, 0.29) is 0 Å². The van der Waals surface area contributed by atoms with E-state index < -0.39 is 0 Å². The summed E-state index contributed by atoms with van der Waals surface area (Å²) in [4.78, 5) is 7.97. The Morgan fingerprint density at radius 3 is 3.13 bits per heavy atom. The summed E-state index contributed by atoms with van der Waals surface area (Å²) >= 11 is 3.46. The Morgan fingerprint density at radius 1 is 1.40 bits per heavy atom. The number of rotatable bonds is 1. The van der Waals surface area contributed by atoms with Crippen molar-refractivity contribution < 1.29 is 0 Å². The van der Waals surface area contributed by atoms with Crippen molar-refractivity contribution in [2.45, 2.75) is 18.9 Å². The lowest BCUT2D eigenvalue weighted by Crippen LogP contribution is -2.13. The highest BCUT2D eigenvalue weighted by Gasteiger charge is 2.19. The van der Waals surface area contributed by atoms with Crippen LogP contribution in [-0.2, 0) is 0 Å². The standard InChI is InChI=1S/C11H12BrN3/c12-7-3-4-8-10(6-7)15-11(14-8)9-2-1-5-13-9/h3-4,6,9,13H,1-2,5H2,(H,14,15)/t9-/m0/s1. The Hall–Kier alpha value is -0.870. The first kappa shape index (κ1) is 9.36. The predicted octanol–water partition coefficient (Wildman–Crippen LogP) is 2.75. The number of benzene rings is 1. The summed E-state index contributed by atoms with van der Waals surface area (Å²) in [6.45, 7) is 1.10. The van der Waals surface area contributed by atoms with Gasteiger partial charge in [-0.25, -0.2) is 4.98 Å². The zero-order valence-corrected chi connectivity index (χ0v) is 9.84. The second kappa shape index (κ2) is 3.61. The summed E-state index contributed by atoms with van der Waals surface area (Å²) in [6.07, 6.45) is 2.42. The van der Waals surface area contributed by atoms with Crippen molar-refractivity contribution in [3.8, 4) is 0 Å². The molecule has 2 aromatic rings. The summed E-state index contributed by atoms with van der Waals surface area (Å²) < 4.78 is 1.09. The van der Waals surface area contributed by atoms with Gasteiger partial charge >= 0.3 is 0 Å². The number of nitrogens with zero attached hydrogens (tertiary/aromatic N) is 1. The highest BCUT2D eigenvalue weighted by Crippen LogP contribution is 2.24. The van der Waals surface area contributed by atoms with Crippen LogP contribution in [0.15, 0.2) is 22.7 Å². The quantitative estimate of drug-likeness (QED) is 0.833. The molecule has 15 heavy (non-hydrogen) atoms.